The minimum Gasteiger partial charge on any atom is -0.292 e. The Morgan fingerprint density at radius 1 is 0.972 bits per heavy atom. The van der Waals surface area contributed by atoms with E-state index >= 15 is 0 Å². The molecule has 5 aliphatic rings. The molecule has 36 heavy (non-hydrogen) atoms. The van der Waals surface area contributed by atoms with Crippen LogP contribution in [0, 0.1) is 45.6 Å². The highest BCUT2D eigenvalue weighted by atomic mass is 35.5. The smallest absolute Gasteiger partial charge is 0.274 e. The van der Waals surface area contributed by atoms with Crippen LogP contribution in [0.1, 0.15) is 27.1 Å². The van der Waals surface area contributed by atoms with Gasteiger partial charge in [0.05, 0.1) is 27.3 Å². The van der Waals surface area contributed by atoms with Gasteiger partial charge in [0.1, 0.15) is 6.54 Å². The van der Waals surface area contributed by atoms with Gasteiger partial charge < -0.3 is 0 Å². The van der Waals surface area contributed by atoms with E-state index in [-0.39, 0.29) is 33.7 Å². The number of carbonyl (C=O) groups excluding carboxylic acids is 4. The Morgan fingerprint density at radius 2 is 1.56 bits per heavy atom. The van der Waals surface area contributed by atoms with Crippen LogP contribution in [0.4, 0.5) is 5.69 Å². The first-order chi connectivity index (χ1) is 17.3. The monoisotopic (exact) mass is 505 g/mol. The van der Waals surface area contributed by atoms with E-state index in [1.54, 1.807) is 12.1 Å². The maximum atomic E-state index is 13.7. The van der Waals surface area contributed by atoms with Crippen molar-refractivity contribution in [1.82, 2.24) is 10.0 Å². The van der Waals surface area contributed by atoms with Crippen LogP contribution in [0.3, 0.4) is 0 Å². The van der Waals surface area contributed by atoms with Crippen molar-refractivity contribution in [3.63, 3.8) is 0 Å². The van der Waals surface area contributed by atoms with Gasteiger partial charge in [0.15, 0.2) is 5.78 Å². The van der Waals surface area contributed by atoms with Crippen molar-refractivity contribution in [2.75, 3.05) is 6.54 Å². The lowest BCUT2D eigenvalue weighted by molar-refractivity contribution is -0.384. The molecule has 0 spiro atoms. The minimum atomic E-state index is -0.748. The average Bonchev–Trinajstić information content (AvgIpc) is 3.66. The molecular formula is C26H20ClN3O6. The Bertz CT molecular complexity index is 1340. The lowest BCUT2D eigenvalue weighted by Crippen LogP contribution is -2.52. The van der Waals surface area contributed by atoms with E-state index in [1.165, 1.54) is 36.4 Å². The second-order valence-electron chi connectivity index (χ2n) is 9.71. The molecule has 3 amide bonds. The van der Waals surface area contributed by atoms with Gasteiger partial charge in [0, 0.05) is 17.7 Å². The van der Waals surface area contributed by atoms with Crippen molar-refractivity contribution in [1.29, 1.82) is 0 Å². The van der Waals surface area contributed by atoms with E-state index < -0.39 is 46.8 Å². The highest BCUT2D eigenvalue weighted by Crippen LogP contribution is 2.65. The van der Waals surface area contributed by atoms with Crippen LogP contribution >= 0.6 is 11.6 Å². The third-order valence-electron chi connectivity index (χ3n) is 7.91. The second-order valence-corrected chi connectivity index (χ2v) is 10.1. The van der Waals surface area contributed by atoms with Gasteiger partial charge in [0.25, 0.3) is 23.4 Å². The van der Waals surface area contributed by atoms with Crippen LogP contribution < -0.4 is 0 Å². The number of non-ortho nitro benzene ring substituents is 1. The lowest BCUT2D eigenvalue weighted by Gasteiger charge is -2.37. The fourth-order valence-electron chi connectivity index (χ4n) is 6.18. The first-order valence-corrected chi connectivity index (χ1v) is 12.1. The first-order valence-electron chi connectivity index (χ1n) is 11.7. The molecule has 10 heteroatoms. The summed E-state index contributed by atoms with van der Waals surface area (Å²) >= 11 is 6.25. The Kier molecular flexibility index (Phi) is 5.08. The Labute approximate surface area is 210 Å². The molecule has 6 atom stereocenters. The van der Waals surface area contributed by atoms with Crippen molar-refractivity contribution in [2.45, 2.75) is 6.42 Å². The van der Waals surface area contributed by atoms with E-state index in [9.17, 15) is 29.3 Å². The fraction of sp³-hybridized carbons (Fsp3) is 0.308. The predicted octanol–water partition coefficient (Wildman–Crippen LogP) is 3.54. The maximum Gasteiger partial charge on any atom is 0.274 e. The second kappa shape index (κ2) is 8.09. The number of hydrazine groups is 1. The zero-order valence-electron chi connectivity index (χ0n) is 18.8. The topological polar surface area (TPSA) is 118 Å². The molecule has 2 bridgehead atoms. The number of ketones is 1. The third kappa shape index (κ3) is 3.30. The molecule has 0 N–H and O–H groups in total. The van der Waals surface area contributed by atoms with Crippen LogP contribution in [0.5, 0.6) is 0 Å². The number of halogens is 1. The summed E-state index contributed by atoms with van der Waals surface area (Å²) < 4.78 is 0. The van der Waals surface area contributed by atoms with Gasteiger partial charge in [-0.15, -0.1) is 0 Å². The molecule has 1 saturated heterocycles. The summed E-state index contributed by atoms with van der Waals surface area (Å²) in [6, 6.07) is 11.1. The van der Waals surface area contributed by atoms with Gasteiger partial charge in [-0.05, 0) is 54.4 Å². The summed E-state index contributed by atoms with van der Waals surface area (Å²) in [4.78, 5) is 64.5. The summed E-state index contributed by atoms with van der Waals surface area (Å²) in [7, 11) is 0. The quantitative estimate of drug-likeness (QED) is 0.195. The molecule has 2 aromatic carbocycles. The number of benzene rings is 2. The van der Waals surface area contributed by atoms with Crippen LogP contribution in [0.2, 0.25) is 5.02 Å². The van der Waals surface area contributed by atoms with Crippen molar-refractivity contribution in [3.8, 4) is 0 Å². The normalized spacial score (nSPS) is 29.1. The van der Waals surface area contributed by atoms with Crippen molar-refractivity contribution < 1.29 is 24.1 Å². The van der Waals surface area contributed by atoms with E-state index in [0.717, 1.165) is 16.4 Å². The van der Waals surface area contributed by atoms with Crippen molar-refractivity contribution >= 4 is 40.8 Å². The molecule has 182 valence electrons. The minimum absolute atomic E-state index is 0.0471. The van der Waals surface area contributed by atoms with Crippen LogP contribution in [0.15, 0.2) is 60.7 Å². The number of allylic oxidation sites excluding steroid dienone is 2. The van der Waals surface area contributed by atoms with E-state index in [4.69, 9.17) is 11.6 Å². The van der Waals surface area contributed by atoms with Gasteiger partial charge in [-0.25, -0.2) is 5.01 Å². The van der Waals surface area contributed by atoms with Crippen molar-refractivity contribution in [2.24, 2.45) is 35.5 Å². The van der Waals surface area contributed by atoms with Gasteiger partial charge in [-0.1, -0.05) is 35.9 Å². The molecule has 2 saturated carbocycles. The zero-order valence-corrected chi connectivity index (χ0v) is 19.6. The highest BCUT2D eigenvalue weighted by Gasteiger charge is 2.68. The summed E-state index contributed by atoms with van der Waals surface area (Å²) in [6.07, 6.45) is 5.05. The Morgan fingerprint density at radius 3 is 2.11 bits per heavy atom. The number of rotatable bonds is 6. The molecular weight excluding hydrogens is 486 g/mol. The SMILES string of the molecule is O=C(CN(C(=O)c1ccccc1Cl)N1C(=O)[C@@H]2[C@H]3C=C[C@@H]([C@@H]4C[C@H]34)[C@H]2C1=O)c1ccc([N+](=O)[O-])cc1. The molecule has 1 aliphatic heterocycles. The number of imide groups is 1. The molecule has 9 nitrogen and oxygen atoms in total. The number of amides is 3. The highest BCUT2D eigenvalue weighted by molar-refractivity contribution is 6.34. The van der Waals surface area contributed by atoms with Gasteiger partial charge in [-0.3, -0.25) is 29.3 Å². The molecule has 2 aromatic rings. The summed E-state index contributed by atoms with van der Waals surface area (Å²) in [5.41, 5.74) is -0.0294. The molecule has 7 rings (SSSR count). The maximum absolute atomic E-state index is 13.7. The summed E-state index contributed by atoms with van der Waals surface area (Å²) in [5, 5.41) is 12.8. The van der Waals surface area contributed by atoms with E-state index in [2.05, 4.69) is 0 Å². The largest absolute Gasteiger partial charge is 0.292 e. The van der Waals surface area contributed by atoms with Crippen molar-refractivity contribution in [3.05, 3.63) is 86.9 Å². The number of hydrogen-bond donors (Lipinski definition) is 0. The third-order valence-corrected chi connectivity index (χ3v) is 8.24. The zero-order chi connectivity index (χ0) is 25.3. The van der Waals surface area contributed by atoms with E-state index in [0.29, 0.717) is 11.8 Å². The Hall–Kier alpha value is -3.85. The molecule has 0 aromatic heterocycles. The summed E-state index contributed by atoms with van der Waals surface area (Å²) in [6.45, 7) is -0.603. The number of hydrogen-bond acceptors (Lipinski definition) is 6. The summed E-state index contributed by atoms with van der Waals surface area (Å²) in [5.74, 6) is -2.72. The molecule has 1 heterocycles. The number of nitro groups is 1. The number of carbonyl (C=O) groups is 4. The molecule has 0 unspecified atom stereocenters. The van der Waals surface area contributed by atoms with Crippen LogP contribution in [0.25, 0.3) is 0 Å². The fourth-order valence-corrected chi connectivity index (χ4v) is 6.40. The molecule has 4 aliphatic carbocycles. The van der Waals surface area contributed by atoms with Crippen LogP contribution in [-0.2, 0) is 9.59 Å². The standard InChI is InChI=1S/C26H20ClN3O6/c27-20-4-2-1-3-17(20)24(32)28(12-21(31)13-5-7-14(8-6-13)30(35)36)29-25(33)22-15-9-10-16(19-11-18(15)19)23(22)26(29)34/h1-10,15-16,18-19,22-23H,11-12H2/t15-,16-,18-,19+,22+,23+/m0/s1. The van der Waals surface area contributed by atoms with Gasteiger partial charge in [-0.2, -0.15) is 5.01 Å². The van der Waals surface area contributed by atoms with Gasteiger partial charge >= 0.3 is 0 Å². The Balaban J connectivity index is 1.36. The average molecular weight is 506 g/mol. The number of nitrogens with zero attached hydrogens (tertiary/aromatic N) is 3. The number of Topliss-reactive ketones (excluding diaryl/α,β-unsaturated/α-hetero) is 1. The molecule has 3 fully saturated rings. The van der Waals surface area contributed by atoms with E-state index in [1.807, 2.05) is 12.2 Å². The number of nitro benzene ring substituents is 1. The predicted molar refractivity (Wildman–Crippen MR) is 126 cm³/mol. The van der Waals surface area contributed by atoms with Gasteiger partial charge in [0.2, 0.25) is 0 Å². The first kappa shape index (κ1) is 22.6. The van der Waals surface area contributed by atoms with Crippen LogP contribution in [-0.4, -0.2) is 45.0 Å². The lowest BCUT2D eigenvalue weighted by atomic mass is 9.63. The molecule has 0 radical (unpaired) electrons.